The van der Waals surface area contributed by atoms with Crippen molar-refractivity contribution in [3.63, 3.8) is 0 Å². The molecule has 0 amide bonds. The van der Waals surface area contributed by atoms with Crippen molar-refractivity contribution in [3.8, 4) is 0 Å². The zero-order chi connectivity index (χ0) is 8.53. The second-order valence-electron chi connectivity index (χ2n) is 2.80. The Morgan fingerprint density at radius 3 is 2.27 bits per heavy atom. The van der Waals surface area contributed by atoms with Crippen molar-refractivity contribution < 1.29 is 9.47 Å². The van der Waals surface area contributed by atoms with Crippen molar-refractivity contribution in [2.75, 3.05) is 32.2 Å². The molecule has 0 aliphatic carbocycles. The zero-order valence-electron chi connectivity index (χ0n) is 7.38. The average molecular weight is 178 g/mol. The summed E-state index contributed by atoms with van der Waals surface area (Å²) in [4.78, 5) is 0. The molecule has 11 heavy (non-hydrogen) atoms. The second-order valence-corrected chi connectivity index (χ2v) is 3.25. The molecule has 0 radical (unpaired) electrons. The summed E-state index contributed by atoms with van der Waals surface area (Å²) in [5, 5.41) is 0. The van der Waals surface area contributed by atoms with E-state index in [9.17, 15) is 0 Å². The number of hydrogen-bond acceptors (Lipinski definition) is 3. The summed E-state index contributed by atoms with van der Waals surface area (Å²) in [6, 6.07) is 0. The Balaban J connectivity index is 2.80. The molecule has 0 fully saturated rings. The molecule has 68 valence electrons. The predicted molar refractivity (Wildman–Crippen MR) is 50.3 cm³/mol. The molecule has 0 aliphatic heterocycles. The van der Waals surface area contributed by atoms with E-state index in [0.29, 0.717) is 25.7 Å². The number of thiol groups is 1. The van der Waals surface area contributed by atoms with Gasteiger partial charge in [-0.05, 0) is 5.92 Å². The normalized spacial score (nSPS) is 10.9. The zero-order valence-corrected chi connectivity index (χ0v) is 8.27. The number of rotatable bonds is 7. The molecule has 0 saturated carbocycles. The van der Waals surface area contributed by atoms with Crippen LogP contribution in [0.15, 0.2) is 0 Å². The maximum absolute atomic E-state index is 5.29. The van der Waals surface area contributed by atoms with Crippen LogP contribution in [-0.2, 0) is 9.47 Å². The highest BCUT2D eigenvalue weighted by atomic mass is 32.1. The lowest BCUT2D eigenvalue weighted by Crippen LogP contribution is -2.09. The van der Waals surface area contributed by atoms with Gasteiger partial charge in [0.25, 0.3) is 0 Å². The van der Waals surface area contributed by atoms with E-state index >= 15 is 0 Å². The largest absolute Gasteiger partial charge is 0.379 e. The van der Waals surface area contributed by atoms with E-state index < -0.39 is 0 Å². The topological polar surface area (TPSA) is 18.5 Å². The Morgan fingerprint density at radius 2 is 1.73 bits per heavy atom. The predicted octanol–water partition coefficient (Wildman–Crippen LogP) is 1.61. The van der Waals surface area contributed by atoms with Gasteiger partial charge < -0.3 is 9.47 Å². The summed E-state index contributed by atoms with van der Waals surface area (Å²) in [7, 11) is 0. The van der Waals surface area contributed by atoms with E-state index in [0.717, 1.165) is 12.4 Å². The molecule has 0 N–H and O–H groups in total. The fourth-order valence-electron chi connectivity index (χ4n) is 0.603. The Hall–Kier alpha value is 0.270. The highest BCUT2D eigenvalue weighted by Gasteiger charge is 1.92. The van der Waals surface area contributed by atoms with Crippen molar-refractivity contribution in [1.29, 1.82) is 0 Å². The van der Waals surface area contributed by atoms with Crippen molar-refractivity contribution in [2.45, 2.75) is 13.8 Å². The minimum Gasteiger partial charge on any atom is -0.379 e. The van der Waals surface area contributed by atoms with Crippen molar-refractivity contribution in [3.05, 3.63) is 0 Å². The van der Waals surface area contributed by atoms with E-state index in [4.69, 9.17) is 9.47 Å². The Labute approximate surface area is 74.7 Å². The summed E-state index contributed by atoms with van der Waals surface area (Å²) in [5.74, 6) is 1.39. The van der Waals surface area contributed by atoms with Crippen LogP contribution < -0.4 is 0 Å². The summed E-state index contributed by atoms with van der Waals surface area (Å²) < 4.78 is 10.5. The highest BCUT2D eigenvalue weighted by molar-refractivity contribution is 7.80. The summed E-state index contributed by atoms with van der Waals surface area (Å²) in [5.41, 5.74) is 0. The lowest BCUT2D eigenvalue weighted by molar-refractivity contribution is 0.0430. The fourth-order valence-corrected chi connectivity index (χ4v) is 0.733. The van der Waals surface area contributed by atoms with Crippen molar-refractivity contribution in [1.82, 2.24) is 0 Å². The van der Waals surface area contributed by atoms with Gasteiger partial charge in [0.1, 0.15) is 0 Å². The molecule has 0 aliphatic rings. The summed E-state index contributed by atoms with van der Waals surface area (Å²) in [6.45, 7) is 7.20. The molecule has 0 spiro atoms. The monoisotopic (exact) mass is 178 g/mol. The van der Waals surface area contributed by atoms with Crippen LogP contribution in [0.4, 0.5) is 0 Å². The molecular weight excluding hydrogens is 160 g/mol. The molecule has 0 heterocycles. The first kappa shape index (κ1) is 11.3. The standard InChI is InChI=1S/C8H18O2S/c1-8(2)7-10-4-3-9-5-6-11/h8,11H,3-7H2,1-2H3. The highest BCUT2D eigenvalue weighted by Crippen LogP contribution is 1.91. The smallest absolute Gasteiger partial charge is 0.0700 e. The van der Waals surface area contributed by atoms with Crippen molar-refractivity contribution in [2.24, 2.45) is 5.92 Å². The SMILES string of the molecule is CC(C)COCCOCCS. The molecule has 0 aromatic heterocycles. The van der Waals surface area contributed by atoms with E-state index in [1.54, 1.807) is 0 Å². The average Bonchev–Trinajstić information content (AvgIpc) is 1.96. The van der Waals surface area contributed by atoms with E-state index in [1.807, 2.05) is 0 Å². The molecule has 0 aromatic carbocycles. The molecule has 2 nitrogen and oxygen atoms in total. The first-order valence-electron chi connectivity index (χ1n) is 4.03. The summed E-state index contributed by atoms with van der Waals surface area (Å²) in [6.07, 6.45) is 0. The molecular formula is C8H18O2S. The molecule has 0 rings (SSSR count). The van der Waals surface area contributed by atoms with E-state index in [2.05, 4.69) is 26.5 Å². The molecule has 0 unspecified atom stereocenters. The van der Waals surface area contributed by atoms with Gasteiger partial charge in [-0.25, -0.2) is 0 Å². The van der Waals surface area contributed by atoms with Crippen LogP contribution in [0, 0.1) is 5.92 Å². The van der Waals surface area contributed by atoms with Crippen LogP contribution in [-0.4, -0.2) is 32.2 Å². The third-order valence-electron chi connectivity index (χ3n) is 1.06. The van der Waals surface area contributed by atoms with Gasteiger partial charge >= 0.3 is 0 Å². The Bertz CT molecular complexity index is 76.5. The second kappa shape index (κ2) is 8.37. The van der Waals surface area contributed by atoms with E-state index in [1.165, 1.54) is 0 Å². The maximum Gasteiger partial charge on any atom is 0.0700 e. The number of hydrogen-bond donors (Lipinski definition) is 1. The van der Waals surface area contributed by atoms with Crippen LogP contribution in [0.2, 0.25) is 0 Å². The van der Waals surface area contributed by atoms with Crippen LogP contribution in [0.1, 0.15) is 13.8 Å². The first-order chi connectivity index (χ1) is 5.27. The van der Waals surface area contributed by atoms with Gasteiger partial charge in [0, 0.05) is 12.4 Å². The minimum atomic E-state index is 0.611. The van der Waals surface area contributed by atoms with Crippen LogP contribution in [0.5, 0.6) is 0 Å². The number of ether oxygens (including phenoxy) is 2. The van der Waals surface area contributed by atoms with Gasteiger partial charge in [0.2, 0.25) is 0 Å². The van der Waals surface area contributed by atoms with Crippen LogP contribution in [0.3, 0.4) is 0 Å². The molecule has 3 heteroatoms. The van der Waals surface area contributed by atoms with Gasteiger partial charge in [-0.2, -0.15) is 12.6 Å². The van der Waals surface area contributed by atoms with Gasteiger partial charge in [-0.3, -0.25) is 0 Å². The molecule has 0 aromatic rings. The van der Waals surface area contributed by atoms with Gasteiger partial charge in [-0.15, -0.1) is 0 Å². The van der Waals surface area contributed by atoms with Gasteiger partial charge in [-0.1, -0.05) is 13.8 Å². The third-order valence-corrected chi connectivity index (χ3v) is 1.24. The molecule has 0 atom stereocenters. The van der Waals surface area contributed by atoms with Gasteiger partial charge in [0.15, 0.2) is 0 Å². The fraction of sp³-hybridized carbons (Fsp3) is 1.00. The molecule has 0 bridgehead atoms. The first-order valence-corrected chi connectivity index (χ1v) is 4.67. The maximum atomic E-state index is 5.29. The summed E-state index contributed by atoms with van der Waals surface area (Å²) >= 11 is 4.01. The minimum absolute atomic E-state index is 0.611. The lowest BCUT2D eigenvalue weighted by atomic mass is 10.2. The Morgan fingerprint density at radius 1 is 1.09 bits per heavy atom. The van der Waals surface area contributed by atoms with Crippen LogP contribution in [0.25, 0.3) is 0 Å². The van der Waals surface area contributed by atoms with Crippen molar-refractivity contribution >= 4 is 12.6 Å². The third kappa shape index (κ3) is 10.3. The quantitative estimate of drug-likeness (QED) is 0.471. The Kier molecular flexibility index (Phi) is 8.57. The lowest BCUT2D eigenvalue weighted by Gasteiger charge is -2.06. The van der Waals surface area contributed by atoms with Crippen LogP contribution >= 0.6 is 12.6 Å². The van der Waals surface area contributed by atoms with E-state index in [-0.39, 0.29) is 0 Å². The molecule has 0 saturated heterocycles. The van der Waals surface area contributed by atoms with Gasteiger partial charge in [0.05, 0.1) is 19.8 Å².